The first-order valence-electron chi connectivity index (χ1n) is 13.9. The Kier molecular flexibility index (Phi) is 7.16. The quantitative estimate of drug-likeness (QED) is 0.523. The van der Waals surface area contributed by atoms with Gasteiger partial charge in [-0.3, -0.25) is 0 Å². The lowest BCUT2D eigenvalue weighted by molar-refractivity contribution is -0.160. The molecule has 2 aromatic carbocycles. The fourth-order valence-corrected chi connectivity index (χ4v) is 6.24. The lowest BCUT2D eigenvalue weighted by Crippen LogP contribution is -2.43. The summed E-state index contributed by atoms with van der Waals surface area (Å²) in [5, 5.41) is 10.4. The molecular formula is C31H40N2O5. The zero-order valence-electron chi connectivity index (χ0n) is 23.4. The molecule has 204 valence electrons. The van der Waals surface area contributed by atoms with Gasteiger partial charge in [-0.05, 0) is 118 Å². The van der Waals surface area contributed by atoms with Crippen LogP contribution in [0.5, 0.6) is 5.75 Å². The van der Waals surface area contributed by atoms with Gasteiger partial charge in [-0.25, -0.2) is 9.59 Å². The highest BCUT2D eigenvalue weighted by Crippen LogP contribution is 2.45. The van der Waals surface area contributed by atoms with E-state index in [2.05, 4.69) is 13.0 Å². The van der Waals surface area contributed by atoms with Gasteiger partial charge in [0.05, 0.1) is 12.2 Å². The van der Waals surface area contributed by atoms with Gasteiger partial charge >= 0.3 is 12.0 Å². The van der Waals surface area contributed by atoms with Gasteiger partial charge in [0.15, 0.2) is 6.10 Å². The first kappa shape index (κ1) is 26.5. The lowest BCUT2D eigenvalue weighted by Gasteiger charge is -2.30. The van der Waals surface area contributed by atoms with E-state index in [9.17, 15) is 14.7 Å². The number of amides is 2. The molecule has 0 spiro atoms. The van der Waals surface area contributed by atoms with E-state index < -0.39 is 17.7 Å². The van der Waals surface area contributed by atoms with Crippen molar-refractivity contribution in [2.45, 2.75) is 91.5 Å². The second-order valence-electron chi connectivity index (χ2n) is 11.9. The fourth-order valence-electron chi connectivity index (χ4n) is 6.24. The summed E-state index contributed by atoms with van der Waals surface area (Å²) in [6.07, 6.45) is 4.03. The van der Waals surface area contributed by atoms with E-state index >= 15 is 0 Å². The number of hydrogen-bond acceptors (Lipinski definition) is 4. The molecule has 0 unspecified atom stereocenters. The highest BCUT2D eigenvalue weighted by atomic mass is 16.5. The lowest BCUT2D eigenvalue weighted by atomic mass is 9.82. The topological polar surface area (TPSA) is 79.3 Å². The van der Waals surface area contributed by atoms with Gasteiger partial charge in [0.2, 0.25) is 0 Å². The largest absolute Gasteiger partial charge is 0.493 e. The van der Waals surface area contributed by atoms with Gasteiger partial charge in [-0.2, -0.15) is 0 Å². The smallest absolute Gasteiger partial charge is 0.337 e. The molecule has 1 N–H and O–H groups in total. The van der Waals surface area contributed by atoms with Crippen LogP contribution in [0.15, 0.2) is 18.2 Å². The maximum Gasteiger partial charge on any atom is 0.337 e. The summed E-state index contributed by atoms with van der Waals surface area (Å²) in [5.41, 5.74) is 7.15. The number of likely N-dealkylation sites (tertiary alicyclic amines) is 1. The van der Waals surface area contributed by atoms with Crippen molar-refractivity contribution in [3.8, 4) is 16.9 Å². The minimum absolute atomic E-state index is 0.0782. The summed E-state index contributed by atoms with van der Waals surface area (Å²) in [6, 6.07) is 6.26. The van der Waals surface area contributed by atoms with Crippen molar-refractivity contribution in [2.24, 2.45) is 0 Å². The molecule has 2 aromatic rings. The Morgan fingerprint density at radius 1 is 0.974 bits per heavy atom. The number of benzene rings is 2. The third-order valence-corrected chi connectivity index (χ3v) is 8.07. The van der Waals surface area contributed by atoms with Gasteiger partial charge in [0.25, 0.3) is 0 Å². The number of fused-ring (bicyclic) bond motifs is 2. The van der Waals surface area contributed by atoms with E-state index in [0.29, 0.717) is 18.7 Å². The summed E-state index contributed by atoms with van der Waals surface area (Å²) < 4.78 is 12.1. The molecule has 3 heterocycles. The third kappa shape index (κ3) is 5.00. The number of aliphatic carboxylic acids is 1. The second-order valence-corrected chi connectivity index (χ2v) is 11.9. The summed E-state index contributed by atoms with van der Waals surface area (Å²) >= 11 is 0. The molecule has 5 rings (SSSR count). The second kappa shape index (κ2) is 10.3. The number of carboxylic acid groups (broad SMARTS) is 1. The van der Waals surface area contributed by atoms with Crippen molar-refractivity contribution >= 4 is 12.0 Å². The molecule has 1 fully saturated rings. The first-order chi connectivity index (χ1) is 18.0. The Hall–Kier alpha value is -3.06. The van der Waals surface area contributed by atoms with Crippen molar-refractivity contribution in [1.82, 2.24) is 9.80 Å². The average Bonchev–Trinajstić information content (AvgIpc) is 3.35. The van der Waals surface area contributed by atoms with Gasteiger partial charge < -0.3 is 24.4 Å². The van der Waals surface area contributed by atoms with Crippen molar-refractivity contribution in [3.05, 3.63) is 51.6 Å². The standard InChI is InChI=1S/C31H40N2O5/c1-19-23-17-33(30(36)32-13-7-6-8-14-32)18-24(23)20(2)27(28(29(34)35)38-31(3,4)5)26(19)22-11-12-25-21(16-22)10-9-15-37-25/h11-12,16,28H,6-10,13-15,17-18H2,1-5H3,(H,34,35)/t28-/m0/s1. The van der Waals surface area contributed by atoms with Crippen LogP contribution in [0.2, 0.25) is 0 Å². The molecule has 1 saturated heterocycles. The molecular weight excluding hydrogens is 480 g/mol. The van der Waals surface area contributed by atoms with E-state index in [1.807, 2.05) is 49.6 Å². The van der Waals surface area contributed by atoms with Crippen LogP contribution in [0.4, 0.5) is 4.79 Å². The summed E-state index contributed by atoms with van der Waals surface area (Å²) in [4.78, 5) is 30.0. The van der Waals surface area contributed by atoms with Gasteiger partial charge in [0, 0.05) is 31.7 Å². The Labute approximate surface area is 225 Å². The molecule has 0 saturated carbocycles. The molecule has 7 heteroatoms. The van der Waals surface area contributed by atoms with Crippen LogP contribution < -0.4 is 4.74 Å². The van der Waals surface area contributed by atoms with E-state index in [0.717, 1.165) is 90.1 Å². The number of ether oxygens (including phenoxy) is 2. The maximum atomic E-state index is 13.4. The highest BCUT2D eigenvalue weighted by Gasteiger charge is 2.37. The SMILES string of the molecule is Cc1c2c(c(C)c([C@H](OC(C)(C)C)C(=O)O)c1-c1ccc3c(c1)CCCO3)CN(C(=O)N1CCCCC1)C2. The van der Waals surface area contributed by atoms with E-state index in [-0.39, 0.29) is 6.03 Å². The Morgan fingerprint density at radius 3 is 2.32 bits per heavy atom. The molecule has 1 atom stereocenters. The molecule has 3 aliphatic rings. The number of carboxylic acids is 1. The first-order valence-corrected chi connectivity index (χ1v) is 13.9. The Balaban J connectivity index is 1.65. The number of piperidine rings is 1. The summed E-state index contributed by atoms with van der Waals surface area (Å²) in [5.74, 6) is -0.111. The third-order valence-electron chi connectivity index (χ3n) is 8.07. The highest BCUT2D eigenvalue weighted by molar-refractivity contribution is 5.85. The normalized spacial score (nSPS) is 18.0. The number of aryl methyl sites for hydroxylation is 1. The minimum Gasteiger partial charge on any atom is -0.493 e. The van der Waals surface area contributed by atoms with Crippen LogP contribution in [-0.2, 0) is 29.0 Å². The molecule has 0 aliphatic carbocycles. The maximum absolute atomic E-state index is 13.4. The van der Waals surface area contributed by atoms with Crippen LogP contribution >= 0.6 is 0 Å². The van der Waals surface area contributed by atoms with Gasteiger partial charge in [-0.1, -0.05) is 6.07 Å². The molecule has 0 radical (unpaired) electrons. The average molecular weight is 521 g/mol. The molecule has 7 nitrogen and oxygen atoms in total. The summed E-state index contributed by atoms with van der Waals surface area (Å²) in [7, 11) is 0. The fraction of sp³-hybridized carbons (Fsp3) is 0.548. The van der Waals surface area contributed by atoms with E-state index in [1.165, 1.54) is 6.42 Å². The number of urea groups is 1. The van der Waals surface area contributed by atoms with E-state index in [4.69, 9.17) is 9.47 Å². The van der Waals surface area contributed by atoms with Crippen molar-refractivity contribution < 1.29 is 24.2 Å². The zero-order valence-corrected chi connectivity index (χ0v) is 23.4. The van der Waals surface area contributed by atoms with Crippen LogP contribution in [0.1, 0.15) is 85.9 Å². The van der Waals surface area contributed by atoms with Crippen molar-refractivity contribution in [3.63, 3.8) is 0 Å². The van der Waals surface area contributed by atoms with Crippen LogP contribution in [0.3, 0.4) is 0 Å². The van der Waals surface area contributed by atoms with Gasteiger partial charge in [0.1, 0.15) is 5.75 Å². The Bertz CT molecular complexity index is 1260. The number of nitrogens with zero attached hydrogens (tertiary/aromatic N) is 2. The minimum atomic E-state index is -1.13. The predicted molar refractivity (Wildman–Crippen MR) is 146 cm³/mol. The van der Waals surface area contributed by atoms with E-state index in [1.54, 1.807) is 0 Å². The molecule has 0 bridgehead atoms. The zero-order chi connectivity index (χ0) is 27.2. The monoisotopic (exact) mass is 520 g/mol. The molecule has 2 amide bonds. The summed E-state index contributed by atoms with van der Waals surface area (Å²) in [6.45, 7) is 13.1. The van der Waals surface area contributed by atoms with Gasteiger partial charge in [-0.15, -0.1) is 0 Å². The van der Waals surface area contributed by atoms with Crippen molar-refractivity contribution in [2.75, 3.05) is 19.7 Å². The van der Waals surface area contributed by atoms with Crippen molar-refractivity contribution in [1.29, 1.82) is 0 Å². The van der Waals surface area contributed by atoms with Crippen LogP contribution in [0, 0.1) is 13.8 Å². The number of carbonyl (C=O) groups is 2. The molecule has 38 heavy (non-hydrogen) atoms. The molecule has 0 aromatic heterocycles. The number of carbonyl (C=O) groups excluding carboxylic acids is 1. The number of hydrogen-bond donors (Lipinski definition) is 1. The molecule has 3 aliphatic heterocycles. The number of rotatable bonds is 4. The predicted octanol–water partition coefficient (Wildman–Crippen LogP) is 6.16. The van der Waals surface area contributed by atoms with Crippen LogP contribution in [0.25, 0.3) is 11.1 Å². The van der Waals surface area contributed by atoms with Crippen LogP contribution in [-0.4, -0.2) is 52.2 Å². The Morgan fingerprint density at radius 2 is 1.66 bits per heavy atom.